The van der Waals surface area contributed by atoms with Gasteiger partial charge in [-0.25, -0.2) is 0 Å². The fraction of sp³-hybridized carbons (Fsp3) is 0.417. The summed E-state index contributed by atoms with van der Waals surface area (Å²) in [4.78, 5) is 4.64. The van der Waals surface area contributed by atoms with Gasteiger partial charge in [-0.2, -0.15) is 0 Å². The maximum absolute atomic E-state index is 4.64. The van der Waals surface area contributed by atoms with Crippen LogP contribution in [0.15, 0.2) is 35.3 Å². The van der Waals surface area contributed by atoms with Crippen molar-refractivity contribution in [2.45, 2.75) is 31.6 Å². The monoisotopic (exact) mass is 205 g/mol. The minimum Gasteiger partial charge on any atom is -0.278 e. The molecule has 0 N–H and O–H groups in total. The summed E-state index contributed by atoms with van der Waals surface area (Å²) in [5.74, 6) is 0. The van der Waals surface area contributed by atoms with Crippen molar-refractivity contribution in [3.63, 3.8) is 0 Å². The number of hydrogen-bond donors (Lipinski definition) is 0. The van der Waals surface area contributed by atoms with E-state index in [1.807, 2.05) is 11.8 Å². The van der Waals surface area contributed by atoms with Crippen LogP contribution >= 0.6 is 11.8 Å². The Bertz CT molecular complexity index is 331. The Morgan fingerprint density at radius 3 is 2.50 bits per heavy atom. The predicted octanol–water partition coefficient (Wildman–Crippen LogP) is 3.15. The van der Waals surface area contributed by atoms with Crippen LogP contribution in [0, 0.1) is 0 Å². The zero-order chi connectivity index (χ0) is 9.97. The molecule has 14 heavy (non-hydrogen) atoms. The second kappa shape index (κ2) is 4.18. The lowest BCUT2D eigenvalue weighted by Gasteiger charge is -2.03. The van der Waals surface area contributed by atoms with E-state index in [-0.39, 0.29) is 0 Å². The largest absolute Gasteiger partial charge is 0.278 e. The molecule has 1 aromatic carbocycles. The van der Waals surface area contributed by atoms with Crippen LogP contribution in [-0.2, 0) is 6.42 Å². The summed E-state index contributed by atoms with van der Waals surface area (Å²) in [7, 11) is 0. The lowest BCUT2D eigenvalue weighted by molar-refractivity contribution is 0.748. The van der Waals surface area contributed by atoms with E-state index in [1.165, 1.54) is 10.6 Å². The van der Waals surface area contributed by atoms with Gasteiger partial charge in [0.2, 0.25) is 0 Å². The number of rotatable bonds is 2. The summed E-state index contributed by atoms with van der Waals surface area (Å²) < 4.78 is 0. The average molecular weight is 205 g/mol. The molecule has 1 aliphatic rings. The predicted molar refractivity (Wildman–Crippen MR) is 64.1 cm³/mol. The van der Waals surface area contributed by atoms with E-state index < -0.39 is 0 Å². The molecular formula is C12H15NS. The summed E-state index contributed by atoms with van der Waals surface area (Å²) in [6, 6.07) is 11.0. The van der Waals surface area contributed by atoms with Gasteiger partial charge in [-0.05, 0) is 12.5 Å². The maximum Gasteiger partial charge on any atom is 0.0726 e. The second-order valence-corrected chi connectivity index (χ2v) is 5.20. The molecule has 0 radical (unpaired) electrons. The Hall–Kier alpha value is -0.760. The van der Waals surface area contributed by atoms with Crippen LogP contribution in [-0.4, -0.2) is 16.3 Å². The highest BCUT2D eigenvalue weighted by atomic mass is 32.2. The quantitative estimate of drug-likeness (QED) is 0.722. The lowest BCUT2D eigenvalue weighted by Crippen LogP contribution is -2.07. The Morgan fingerprint density at radius 1 is 1.21 bits per heavy atom. The molecule has 1 aromatic rings. The van der Waals surface area contributed by atoms with Crippen LogP contribution in [0.1, 0.15) is 19.4 Å². The van der Waals surface area contributed by atoms with Gasteiger partial charge in [-0.3, -0.25) is 4.99 Å². The minimum absolute atomic E-state index is 0.485. The summed E-state index contributed by atoms with van der Waals surface area (Å²) in [6.45, 7) is 4.44. The summed E-state index contributed by atoms with van der Waals surface area (Å²) >= 11 is 1.92. The van der Waals surface area contributed by atoms with Gasteiger partial charge < -0.3 is 0 Å². The molecule has 0 unspecified atom stereocenters. The van der Waals surface area contributed by atoms with Crippen molar-refractivity contribution in [2.75, 3.05) is 0 Å². The van der Waals surface area contributed by atoms with E-state index in [0.717, 1.165) is 6.42 Å². The number of aliphatic imine (C=N–C) groups is 1. The van der Waals surface area contributed by atoms with E-state index in [9.17, 15) is 0 Å². The molecule has 2 heteroatoms. The molecule has 1 aliphatic heterocycles. The minimum atomic E-state index is 0.485. The standard InChI is InChI=1S/C12H15NS/c1-9-10(2)14-12(13-9)8-11-6-4-3-5-7-11/h3-7,9-10H,8H2,1-2H3/t9-,10+/m0/s1. The Morgan fingerprint density at radius 2 is 1.93 bits per heavy atom. The SMILES string of the molecule is C[C@@H]1N=C(Cc2ccccc2)S[C@@H]1C. The van der Waals surface area contributed by atoms with Crippen LogP contribution in [0.5, 0.6) is 0 Å². The summed E-state index contributed by atoms with van der Waals surface area (Å²) in [5.41, 5.74) is 1.36. The van der Waals surface area contributed by atoms with Gasteiger partial charge >= 0.3 is 0 Å². The molecule has 0 saturated carbocycles. The molecule has 0 spiro atoms. The van der Waals surface area contributed by atoms with Crippen molar-refractivity contribution in [3.05, 3.63) is 35.9 Å². The normalized spacial score (nSPS) is 26.3. The molecule has 2 rings (SSSR count). The first-order chi connectivity index (χ1) is 6.75. The molecule has 0 amide bonds. The van der Waals surface area contributed by atoms with Gasteiger partial charge in [0.15, 0.2) is 0 Å². The molecule has 0 fully saturated rings. The molecule has 2 atom stereocenters. The van der Waals surface area contributed by atoms with Crippen LogP contribution < -0.4 is 0 Å². The summed E-state index contributed by atoms with van der Waals surface area (Å²) in [5, 5.41) is 1.94. The number of thioether (sulfide) groups is 1. The fourth-order valence-corrected chi connectivity index (χ4v) is 2.70. The van der Waals surface area contributed by atoms with Crippen molar-refractivity contribution in [1.29, 1.82) is 0 Å². The highest BCUT2D eigenvalue weighted by Gasteiger charge is 2.21. The van der Waals surface area contributed by atoms with Crippen LogP contribution in [0.2, 0.25) is 0 Å². The molecular weight excluding hydrogens is 190 g/mol. The van der Waals surface area contributed by atoms with Crippen LogP contribution in [0.4, 0.5) is 0 Å². The highest BCUT2D eigenvalue weighted by molar-refractivity contribution is 8.14. The van der Waals surface area contributed by atoms with Gasteiger partial charge in [-0.15, -0.1) is 11.8 Å². The topological polar surface area (TPSA) is 12.4 Å². The van der Waals surface area contributed by atoms with Crippen LogP contribution in [0.3, 0.4) is 0 Å². The summed E-state index contributed by atoms with van der Waals surface area (Å²) in [6.07, 6.45) is 1.00. The molecule has 0 saturated heterocycles. The van der Waals surface area contributed by atoms with Gasteiger partial charge in [0, 0.05) is 11.7 Å². The van der Waals surface area contributed by atoms with E-state index >= 15 is 0 Å². The zero-order valence-electron chi connectivity index (χ0n) is 8.60. The molecule has 0 bridgehead atoms. The lowest BCUT2D eigenvalue weighted by atomic mass is 10.2. The Balaban J connectivity index is 2.03. The smallest absolute Gasteiger partial charge is 0.0726 e. The Kier molecular flexibility index (Phi) is 2.92. The number of nitrogens with zero attached hydrogens (tertiary/aromatic N) is 1. The van der Waals surface area contributed by atoms with Crippen molar-refractivity contribution in [1.82, 2.24) is 0 Å². The van der Waals surface area contributed by atoms with Gasteiger partial charge in [0.25, 0.3) is 0 Å². The highest BCUT2D eigenvalue weighted by Crippen LogP contribution is 2.27. The molecule has 74 valence electrons. The molecule has 1 heterocycles. The average Bonchev–Trinajstić information content (AvgIpc) is 2.47. The van der Waals surface area contributed by atoms with E-state index in [4.69, 9.17) is 0 Å². The van der Waals surface area contributed by atoms with Gasteiger partial charge in [0.1, 0.15) is 0 Å². The first kappa shape index (κ1) is 9.78. The fourth-order valence-electron chi connectivity index (χ4n) is 1.53. The van der Waals surface area contributed by atoms with E-state index in [0.29, 0.717) is 11.3 Å². The Labute approximate surface area is 89.6 Å². The van der Waals surface area contributed by atoms with E-state index in [1.54, 1.807) is 0 Å². The molecule has 0 aromatic heterocycles. The third-order valence-corrected chi connectivity index (χ3v) is 3.83. The first-order valence-corrected chi connectivity index (χ1v) is 5.91. The first-order valence-electron chi connectivity index (χ1n) is 5.03. The van der Waals surface area contributed by atoms with Gasteiger partial charge in [0.05, 0.1) is 11.1 Å². The van der Waals surface area contributed by atoms with Crippen molar-refractivity contribution in [2.24, 2.45) is 4.99 Å². The third-order valence-electron chi connectivity index (χ3n) is 2.55. The maximum atomic E-state index is 4.64. The number of benzene rings is 1. The second-order valence-electron chi connectivity index (χ2n) is 3.75. The van der Waals surface area contributed by atoms with Crippen molar-refractivity contribution < 1.29 is 0 Å². The number of hydrogen-bond acceptors (Lipinski definition) is 2. The van der Waals surface area contributed by atoms with E-state index in [2.05, 4.69) is 49.2 Å². The van der Waals surface area contributed by atoms with Crippen LogP contribution in [0.25, 0.3) is 0 Å². The third kappa shape index (κ3) is 2.18. The molecule has 0 aliphatic carbocycles. The molecule has 1 nitrogen and oxygen atoms in total. The van der Waals surface area contributed by atoms with Crippen molar-refractivity contribution >= 4 is 16.8 Å². The van der Waals surface area contributed by atoms with Crippen molar-refractivity contribution in [3.8, 4) is 0 Å². The zero-order valence-corrected chi connectivity index (χ0v) is 9.42. The van der Waals surface area contributed by atoms with Gasteiger partial charge in [-0.1, -0.05) is 37.3 Å².